The van der Waals surface area contributed by atoms with Crippen molar-refractivity contribution in [1.29, 1.82) is 0 Å². The highest BCUT2D eigenvalue weighted by Gasteiger charge is 2.14. The van der Waals surface area contributed by atoms with Gasteiger partial charge in [-0.25, -0.2) is 4.39 Å². The third kappa shape index (κ3) is 5.83. The van der Waals surface area contributed by atoms with Crippen molar-refractivity contribution in [3.8, 4) is 5.75 Å². The van der Waals surface area contributed by atoms with E-state index < -0.39 is 0 Å². The van der Waals surface area contributed by atoms with Crippen LogP contribution in [-0.2, 0) is 4.79 Å². The molecule has 1 amide bonds. The summed E-state index contributed by atoms with van der Waals surface area (Å²) in [6.45, 7) is 2.74. The molecule has 0 aliphatic carbocycles. The minimum Gasteiger partial charge on any atom is -0.492 e. The van der Waals surface area contributed by atoms with E-state index >= 15 is 0 Å². The van der Waals surface area contributed by atoms with Crippen LogP contribution in [0.25, 0.3) is 0 Å². The maximum absolute atomic E-state index is 13.7. The van der Waals surface area contributed by atoms with Gasteiger partial charge < -0.3 is 15.8 Å². The molecule has 3 N–H and O–H groups in total. The van der Waals surface area contributed by atoms with Crippen molar-refractivity contribution in [1.82, 2.24) is 0 Å². The van der Waals surface area contributed by atoms with Crippen molar-refractivity contribution in [2.24, 2.45) is 5.73 Å². The zero-order valence-electron chi connectivity index (χ0n) is 13.5. The maximum atomic E-state index is 13.7. The molecule has 0 saturated carbocycles. The lowest BCUT2D eigenvalue weighted by molar-refractivity contribution is -0.116. The lowest BCUT2D eigenvalue weighted by Gasteiger charge is -2.13. The van der Waals surface area contributed by atoms with Crippen molar-refractivity contribution in [3.05, 3.63) is 59.9 Å². The molecule has 0 aromatic heterocycles. The number of carbonyl (C=O) groups is 1. The fraction of sp³-hybridized carbons (Fsp3) is 0.278. The zero-order chi connectivity index (χ0) is 16.7. The van der Waals surface area contributed by atoms with E-state index in [4.69, 9.17) is 10.5 Å². The Bertz CT molecular complexity index is 650. The first-order valence-corrected chi connectivity index (χ1v) is 7.57. The van der Waals surface area contributed by atoms with E-state index in [0.29, 0.717) is 30.2 Å². The first kappa shape index (κ1) is 19.9. The molecule has 24 heavy (non-hydrogen) atoms. The van der Waals surface area contributed by atoms with Gasteiger partial charge in [0.1, 0.15) is 18.2 Å². The number of halogens is 2. The first-order chi connectivity index (χ1) is 11.1. The molecule has 0 heterocycles. The standard InChI is InChI=1S/C18H21FN2O2.ClH/c1-13(16-4-2-3-5-17(16)19)12-18(22)21-14-6-8-15(9-7-14)23-11-10-20;/h2-9,13H,10-12,20H2,1H3,(H,21,22);1H. The summed E-state index contributed by atoms with van der Waals surface area (Å²) in [4.78, 5) is 12.1. The summed E-state index contributed by atoms with van der Waals surface area (Å²) in [5.74, 6) is 0.0714. The Labute approximate surface area is 147 Å². The third-order valence-electron chi connectivity index (χ3n) is 3.45. The summed E-state index contributed by atoms with van der Waals surface area (Å²) in [5.41, 5.74) is 6.59. The number of benzene rings is 2. The number of anilines is 1. The zero-order valence-corrected chi connectivity index (χ0v) is 14.3. The van der Waals surface area contributed by atoms with Crippen LogP contribution in [0.5, 0.6) is 5.75 Å². The van der Waals surface area contributed by atoms with Gasteiger partial charge >= 0.3 is 0 Å². The largest absolute Gasteiger partial charge is 0.492 e. The molecule has 130 valence electrons. The highest BCUT2D eigenvalue weighted by atomic mass is 35.5. The van der Waals surface area contributed by atoms with Gasteiger partial charge in [0.05, 0.1) is 0 Å². The van der Waals surface area contributed by atoms with E-state index in [0.717, 1.165) is 0 Å². The molecular formula is C18H22ClFN2O2. The SMILES string of the molecule is CC(CC(=O)Nc1ccc(OCCN)cc1)c1ccccc1F.Cl. The number of hydrogen-bond donors (Lipinski definition) is 2. The summed E-state index contributed by atoms with van der Waals surface area (Å²) in [6.07, 6.45) is 0.215. The van der Waals surface area contributed by atoms with Gasteiger partial charge in [-0.2, -0.15) is 0 Å². The number of hydrogen-bond acceptors (Lipinski definition) is 3. The molecule has 0 spiro atoms. The predicted molar refractivity (Wildman–Crippen MR) is 96.3 cm³/mol. The quantitative estimate of drug-likeness (QED) is 0.798. The summed E-state index contributed by atoms with van der Waals surface area (Å²) < 4.78 is 19.1. The van der Waals surface area contributed by atoms with Crippen LogP contribution in [0.2, 0.25) is 0 Å². The average molecular weight is 353 g/mol. The van der Waals surface area contributed by atoms with Crippen LogP contribution in [0.4, 0.5) is 10.1 Å². The van der Waals surface area contributed by atoms with Crippen molar-refractivity contribution in [2.45, 2.75) is 19.3 Å². The molecule has 0 radical (unpaired) electrons. The normalized spacial score (nSPS) is 11.3. The lowest BCUT2D eigenvalue weighted by Crippen LogP contribution is -2.15. The second kappa shape index (κ2) is 9.90. The molecule has 4 nitrogen and oxygen atoms in total. The van der Waals surface area contributed by atoms with Crippen molar-refractivity contribution < 1.29 is 13.9 Å². The summed E-state index contributed by atoms with van der Waals surface area (Å²) >= 11 is 0. The monoisotopic (exact) mass is 352 g/mol. The van der Waals surface area contributed by atoms with Crippen LogP contribution < -0.4 is 15.8 Å². The minimum absolute atomic E-state index is 0. The molecule has 2 aromatic rings. The van der Waals surface area contributed by atoms with E-state index in [1.54, 1.807) is 42.5 Å². The molecule has 0 aliphatic rings. The Kier molecular flexibility index (Phi) is 8.22. The van der Waals surface area contributed by atoms with E-state index in [9.17, 15) is 9.18 Å². The van der Waals surface area contributed by atoms with Gasteiger partial charge in [0, 0.05) is 18.7 Å². The van der Waals surface area contributed by atoms with Gasteiger partial charge in [-0.05, 0) is 41.8 Å². The smallest absolute Gasteiger partial charge is 0.224 e. The minimum atomic E-state index is -0.283. The van der Waals surface area contributed by atoms with Crippen LogP contribution in [0.1, 0.15) is 24.8 Å². The topological polar surface area (TPSA) is 64.3 Å². The molecule has 0 bridgehead atoms. The van der Waals surface area contributed by atoms with Crippen LogP contribution in [0, 0.1) is 5.82 Å². The molecule has 2 rings (SSSR count). The molecule has 2 aromatic carbocycles. The maximum Gasteiger partial charge on any atom is 0.224 e. The summed E-state index contributed by atoms with van der Waals surface area (Å²) in [6, 6.07) is 13.6. The molecular weight excluding hydrogens is 331 g/mol. The van der Waals surface area contributed by atoms with Gasteiger partial charge in [0.25, 0.3) is 0 Å². The van der Waals surface area contributed by atoms with Crippen molar-refractivity contribution >= 4 is 24.0 Å². The number of rotatable bonds is 7. The average Bonchev–Trinajstić information content (AvgIpc) is 2.54. The fourth-order valence-electron chi connectivity index (χ4n) is 2.29. The Morgan fingerprint density at radius 2 is 1.88 bits per heavy atom. The Hall–Kier alpha value is -2.11. The van der Waals surface area contributed by atoms with Crippen LogP contribution in [0.3, 0.4) is 0 Å². The highest BCUT2D eigenvalue weighted by Crippen LogP contribution is 2.23. The van der Waals surface area contributed by atoms with Gasteiger partial charge in [-0.15, -0.1) is 12.4 Å². The number of carbonyl (C=O) groups excluding carboxylic acids is 1. The first-order valence-electron chi connectivity index (χ1n) is 7.57. The van der Waals surface area contributed by atoms with E-state index in [2.05, 4.69) is 5.32 Å². The number of ether oxygens (including phenoxy) is 1. The molecule has 0 fully saturated rings. The van der Waals surface area contributed by atoms with Crippen molar-refractivity contribution in [3.63, 3.8) is 0 Å². The molecule has 1 unspecified atom stereocenters. The Morgan fingerprint density at radius 1 is 1.21 bits per heavy atom. The van der Waals surface area contributed by atoms with Crippen LogP contribution in [-0.4, -0.2) is 19.1 Å². The van der Waals surface area contributed by atoms with Crippen LogP contribution in [0.15, 0.2) is 48.5 Å². The number of amides is 1. The van der Waals surface area contributed by atoms with E-state index in [-0.39, 0.29) is 36.5 Å². The number of nitrogens with one attached hydrogen (secondary N) is 1. The van der Waals surface area contributed by atoms with Gasteiger partial charge in [-0.3, -0.25) is 4.79 Å². The Balaban J connectivity index is 0.00000288. The second-order valence-corrected chi connectivity index (χ2v) is 5.34. The molecule has 0 saturated heterocycles. The lowest BCUT2D eigenvalue weighted by atomic mass is 9.97. The Morgan fingerprint density at radius 3 is 2.50 bits per heavy atom. The van der Waals surface area contributed by atoms with E-state index in [1.807, 2.05) is 6.92 Å². The van der Waals surface area contributed by atoms with Gasteiger partial charge in [0.15, 0.2) is 0 Å². The molecule has 0 aliphatic heterocycles. The number of nitrogens with two attached hydrogens (primary N) is 1. The molecule has 1 atom stereocenters. The van der Waals surface area contributed by atoms with Crippen LogP contribution >= 0.6 is 12.4 Å². The third-order valence-corrected chi connectivity index (χ3v) is 3.45. The van der Waals surface area contributed by atoms with Crippen molar-refractivity contribution in [2.75, 3.05) is 18.5 Å². The highest BCUT2D eigenvalue weighted by molar-refractivity contribution is 5.91. The van der Waals surface area contributed by atoms with E-state index in [1.165, 1.54) is 6.07 Å². The summed E-state index contributed by atoms with van der Waals surface area (Å²) in [7, 11) is 0. The fourth-order valence-corrected chi connectivity index (χ4v) is 2.29. The predicted octanol–water partition coefficient (Wildman–Crippen LogP) is 3.72. The molecule has 6 heteroatoms. The van der Waals surface area contributed by atoms with Gasteiger partial charge in [0.2, 0.25) is 5.91 Å². The van der Waals surface area contributed by atoms with Gasteiger partial charge in [-0.1, -0.05) is 25.1 Å². The summed E-state index contributed by atoms with van der Waals surface area (Å²) in [5, 5.41) is 2.80. The second-order valence-electron chi connectivity index (χ2n) is 5.34.